The van der Waals surface area contributed by atoms with E-state index in [-0.39, 0.29) is 5.91 Å². The van der Waals surface area contributed by atoms with Crippen LogP contribution < -0.4 is 10.6 Å². The Morgan fingerprint density at radius 1 is 1.16 bits per heavy atom. The van der Waals surface area contributed by atoms with Crippen LogP contribution in [0.25, 0.3) is 0 Å². The Morgan fingerprint density at radius 2 is 1.84 bits per heavy atom. The molecular formula is C20H30N4O. The zero-order valence-electron chi connectivity index (χ0n) is 15.2. The van der Waals surface area contributed by atoms with Crippen molar-refractivity contribution in [1.82, 2.24) is 15.2 Å². The summed E-state index contributed by atoms with van der Waals surface area (Å²) in [6.07, 6.45) is 7.38. The molecular weight excluding hydrogens is 312 g/mol. The van der Waals surface area contributed by atoms with Crippen LogP contribution in [0.1, 0.15) is 44.2 Å². The molecule has 0 unspecified atom stereocenters. The van der Waals surface area contributed by atoms with E-state index in [0.29, 0.717) is 18.6 Å². The van der Waals surface area contributed by atoms with Crippen LogP contribution in [0.2, 0.25) is 0 Å². The molecule has 2 saturated carbocycles. The zero-order chi connectivity index (χ0) is 17.2. The molecule has 1 aromatic rings. The van der Waals surface area contributed by atoms with Crippen LogP contribution in [-0.4, -0.2) is 47.5 Å². The minimum atomic E-state index is 0.232. The second kappa shape index (κ2) is 7.32. The van der Waals surface area contributed by atoms with Gasteiger partial charge >= 0.3 is 0 Å². The standard InChI is InChI=1S/C20H30N4O/c1-14-3-2-4-18(21-14)22-17-9-11-24(12-10-17)13-19(25)23-20(15-5-6-15)16-7-8-16/h2-4,15-17,20H,5-13H2,1H3,(H,21,22)(H,23,25). The van der Waals surface area contributed by atoms with Gasteiger partial charge in [0.2, 0.25) is 5.91 Å². The molecule has 1 aliphatic heterocycles. The Balaban J connectivity index is 1.20. The quantitative estimate of drug-likeness (QED) is 0.800. The Bertz CT molecular complexity index is 591. The Kier molecular flexibility index (Phi) is 4.93. The van der Waals surface area contributed by atoms with Gasteiger partial charge in [0.15, 0.2) is 0 Å². The van der Waals surface area contributed by atoms with Gasteiger partial charge in [-0.05, 0) is 69.4 Å². The van der Waals surface area contributed by atoms with E-state index in [0.717, 1.165) is 49.3 Å². The SMILES string of the molecule is Cc1cccc(NC2CCN(CC(=O)NC(C3CC3)C3CC3)CC2)n1. The first-order valence-corrected chi connectivity index (χ1v) is 9.89. The van der Waals surface area contributed by atoms with Crippen LogP contribution >= 0.6 is 0 Å². The number of anilines is 1. The molecule has 0 aromatic carbocycles. The average Bonchev–Trinajstić information content (AvgIpc) is 3.47. The van der Waals surface area contributed by atoms with Crippen molar-refractivity contribution in [2.24, 2.45) is 11.8 Å². The molecule has 3 aliphatic rings. The van der Waals surface area contributed by atoms with Gasteiger partial charge in [-0.2, -0.15) is 0 Å². The lowest BCUT2D eigenvalue weighted by atomic mass is 10.0. The summed E-state index contributed by atoms with van der Waals surface area (Å²) >= 11 is 0. The van der Waals surface area contributed by atoms with E-state index in [9.17, 15) is 4.79 Å². The lowest BCUT2D eigenvalue weighted by Gasteiger charge is -2.32. The third-order valence-electron chi connectivity index (χ3n) is 5.78. The van der Waals surface area contributed by atoms with Crippen molar-refractivity contribution in [3.8, 4) is 0 Å². The number of hydrogen-bond donors (Lipinski definition) is 2. The number of pyridine rings is 1. The number of nitrogens with one attached hydrogen (secondary N) is 2. The third-order valence-corrected chi connectivity index (χ3v) is 5.78. The molecule has 4 rings (SSSR count). The Hall–Kier alpha value is -1.62. The van der Waals surface area contributed by atoms with Gasteiger partial charge in [0.25, 0.3) is 0 Å². The van der Waals surface area contributed by atoms with E-state index in [1.165, 1.54) is 25.7 Å². The molecule has 0 bridgehead atoms. The van der Waals surface area contributed by atoms with E-state index >= 15 is 0 Å². The van der Waals surface area contributed by atoms with Crippen LogP contribution in [0.5, 0.6) is 0 Å². The van der Waals surface area contributed by atoms with Gasteiger partial charge in [-0.1, -0.05) is 6.07 Å². The topological polar surface area (TPSA) is 57.3 Å². The van der Waals surface area contributed by atoms with Gasteiger partial charge in [0, 0.05) is 30.9 Å². The van der Waals surface area contributed by atoms with E-state index in [1.807, 2.05) is 25.1 Å². The van der Waals surface area contributed by atoms with Crippen LogP contribution in [0.3, 0.4) is 0 Å². The summed E-state index contributed by atoms with van der Waals surface area (Å²) in [6, 6.07) is 7.02. The molecule has 136 valence electrons. The number of piperidine rings is 1. The molecule has 2 aliphatic carbocycles. The number of nitrogens with zero attached hydrogens (tertiary/aromatic N) is 2. The highest BCUT2D eigenvalue weighted by Crippen LogP contribution is 2.44. The highest BCUT2D eigenvalue weighted by Gasteiger charge is 2.42. The largest absolute Gasteiger partial charge is 0.367 e. The molecule has 5 heteroatoms. The summed E-state index contributed by atoms with van der Waals surface area (Å²) in [6.45, 7) is 4.54. The third kappa shape index (κ3) is 4.72. The smallest absolute Gasteiger partial charge is 0.234 e. The predicted octanol–water partition coefficient (Wildman–Crippen LogP) is 2.57. The fourth-order valence-corrected chi connectivity index (χ4v) is 4.03. The minimum Gasteiger partial charge on any atom is -0.367 e. The van der Waals surface area contributed by atoms with Gasteiger partial charge in [-0.25, -0.2) is 4.98 Å². The fourth-order valence-electron chi connectivity index (χ4n) is 4.03. The number of carbonyl (C=O) groups is 1. The molecule has 1 saturated heterocycles. The molecule has 0 spiro atoms. The van der Waals surface area contributed by atoms with Gasteiger partial charge in [0.1, 0.15) is 5.82 Å². The van der Waals surface area contributed by atoms with E-state index in [4.69, 9.17) is 0 Å². The molecule has 1 amide bonds. The lowest BCUT2D eigenvalue weighted by Crippen LogP contribution is -2.47. The maximum Gasteiger partial charge on any atom is 0.234 e. The number of rotatable bonds is 7. The van der Waals surface area contributed by atoms with Crippen molar-refractivity contribution in [3.05, 3.63) is 23.9 Å². The minimum absolute atomic E-state index is 0.232. The monoisotopic (exact) mass is 342 g/mol. The van der Waals surface area contributed by atoms with Crippen molar-refractivity contribution in [2.75, 3.05) is 25.0 Å². The second-order valence-electron chi connectivity index (χ2n) is 8.13. The molecule has 0 radical (unpaired) electrons. The summed E-state index contributed by atoms with van der Waals surface area (Å²) in [5.41, 5.74) is 1.04. The number of aryl methyl sites for hydroxylation is 1. The normalized spacial score (nSPS) is 22.2. The van der Waals surface area contributed by atoms with Crippen LogP contribution in [0.15, 0.2) is 18.2 Å². The number of hydrogen-bond acceptors (Lipinski definition) is 4. The number of amides is 1. The summed E-state index contributed by atoms with van der Waals surface area (Å²) < 4.78 is 0. The first kappa shape index (κ1) is 16.8. The molecule has 25 heavy (non-hydrogen) atoms. The number of aromatic nitrogens is 1. The molecule has 1 aromatic heterocycles. The number of carbonyl (C=O) groups excluding carboxylic acids is 1. The van der Waals surface area contributed by atoms with Gasteiger partial charge in [0.05, 0.1) is 6.54 Å². The Labute approximate surface area is 150 Å². The van der Waals surface area contributed by atoms with Gasteiger partial charge < -0.3 is 10.6 Å². The Morgan fingerprint density at radius 3 is 2.44 bits per heavy atom. The first-order valence-electron chi connectivity index (χ1n) is 9.89. The summed E-state index contributed by atoms with van der Waals surface area (Å²) in [4.78, 5) is 19.2. The van der Waals surface area contributed by atoms with E-state index in [1.54, 1.807) is 0 Å². The van der Waals surface area contributed by atoms with Gasteiger partial charge in [-0.15, -0.1) is 0 Å². The summed E-state index contributed by atoms with van der Waals surface area (Å²) in [5, 5.41) is 6.88. The lowest BCUT2D eigenvalue weighted by molar-refractivity contribution is -0.123. The summed E-state index contributed by atoms with van der Waals surface area (Å²) in [7, 11) is 0. The highest BCUT2D eigenvalue weighted by atomic mass is 16.2. The molecule has 0 atom stereocenters. The van der Waals surface area contributed by atoms with Crippen molar-refractivity contribution in [2.45, 2.75) is 57.5 Å². The fraction of sp³-hybridized carbons (Fsp3) is 0.700. The molecule has 2 heterocycles. The maximum absolute atomic E-state index is 12.4. The molecule has 2 N–H and O–H groups in total. The van der Waals surface area contributed by atoms with E-state index < -0.39 is 0 Å². The maximum atomic E-state index is 12.4. The zero-order valence-corrected chi connectivity index (χ0v) is 15.2. The van der Waals surface area contributed by atoms with Crippen molar-refractivity contribution >= 4 is 11.7 Å². The first-order chi connectivity index (χ1) is 12.2. The van der Waals surface area contributed by atoms with Crippen molar-refractivity contribution < 1.29 is 4.79 Å². The van der Waals surface area contributed by atoms with Gasteiger partial charge in [-0.3, -0.25) is 9.69 Å². The predicted molar refractivity (Wildman–Crippen MR) is 99.4 cm³/mol. The second-order valence-corrected chi connectivity index (χ2v) is 8.13. The molecule has 3 fully saturated rings. The average molecular weight is 342 g/mol. The van der Waals surface area contributed by atoms with Crippen LogP contribution in [0.4, 0.5) is 5.82 Å². The van der Waals surface area contributed by atoms with Crippen molar-refractivity contribution in [3.63, 3.8) is 0 Å². The van der Waals surface area contributed by atoms with E-state index in [2.05, 4.69) is 20.5 Å². The molecule has 5 nitrogen and oxygen atoms in total. The van der Waals surface area contributed by atoms with Crippen LogP contribution in [-0.2, 0) is 4.79 Å². The van der Waals surface area contributed by atoms with Crippen LogP contribution in [0, 0.1) is 18.8 Å². The summed E-state index contributed by atoms with van der Waals surface area (Å²) in [5.74, 6) is 2.74. The number of likely N-dealkylation sites (tertiary alicyclic amines) is 1. The highest BCUT2D eigenvalue weighted by molar-refractivity contribution is 5.78. The van der Waals surface area contributed by atoms with Crippen molar-refractivity contribution in [1.29, 1.82) is 0 Å².